The molecule has 0 bridgehead atoms. The Labute approximate surface area is 129 Å². The predicted octanol–water partition coefficient (Wildman–Crippen LogP) is 2.00. The molecule has 4 nitrogen and oxygen atoms in total. The number of hydrogen-bond donors (Lipinski definition) is 1. The van der Waals surface area contributed by atoms with Crippen LogP contribution in [-0.4, -0.2) is 47.9 Å². The van der Waals surface area contributed by atoms with E-state index in [0.29, 0.717) is 6.04 Å². The zero-order chi connectivity index (χ0) is 14.7. The summed E-state index contributed by atoms with van der Waals surface area (Å²) >= 11 is 3.46. The van der Waals surface area contributed by atoms with Gasteiger partial charge in [-0.05, 0) is 31.5 Å². The third kappa shape index (κ3) is 3.59. The molecule has 0 saturated carbocycles. The molecule has 0 radical (unpaired) electrons. The van der Waals surface area contributed by atoms with Crippen molar-refractivity contribution in [2.24, 2.45) is 5.73 Å². The summed E-state index contributed by atoms with van der Waals surface area (Å²) < 4.78 is 1.10. The van der Waals surface area contributed by atoms with Crippen LogP contribution in [0, 0.1) is 0 Å². The van der Waals surface area contributed by atoms with Gasteiger partial charge in [0.2, 0.25) is 5.91 Å². The summed E-state index contributed by atoms with van der Waals surface area (Å²) in [7, 11) is 0. The quantitative estimate of drug-likeness (QED) is 0.916. The van der Waals surface area contributed by atoms with Crippen LogP contribution in [0.1, 0.15) is 25.5 Å². The lowest BCUT2D eigenvalue weighted by Crippen LogP contribution is -2.52. The van der Waals surface area contributed by atoms with Gasteiger partial charge in [0.15, 0.2) is 0 Å². The fraction of sp³-hybridized carbons (Fsp3) is 0.533. The number of benzene rings is 1. The number of carbonyl (C=O) groups excluding carboxylic acids is 1. The van der Waals surface area contributed by atoms with Crippen molar-refractivity contribution in [2.45, 2.75) is 25.9 Å². The zero-order valence-corrected chi connectivity index (χ0v) is 13.6. The maximum atomic E-state index is 11.9. The minimum atomic E-state index is -0.398. The van der Waals surface area contributed by atoms with Crippen molar-refractivity contribution < 1.29 is 4.79 Å². The maximum absolute atomic E-state index is 11.9. The summed E-state index contributed by atoms with van der Waals surface area (Å²) in [4.78, 5) is 16.1. The minimum Gasteiger partial charge on any atom is -0.339 e. The highest BCUT2D eigenvalue weighted by Crippen LogP contribution is 2.23. The molecular formula is C15H22BrN3O. The first kappa shape index (κ1) is 15.5. The van der Waals surface area contributed by atoms with Crippen LogP contribution in [0.2, 0.25) is 0 Å². The molecule has 2 atom stereocenters. The first-order valence-electron chi connectivity index (χ1n) is 7.03. The second-order valence-corrected chi connectivity index (χ2v) is 6.29. The molecule has 20 heavy (non-hydrogen) atoms. The van der Waals surface area contributed by atoms with Gasteiger partial charge in [-0.25, -0.2) is 0 Å². The number of nitrogens with zero attached hydrogens (tertiary/aromatic N) is 2. The topological polar surface area (TPSA) is 49.6 Å². The van der Waals surface area contributed by atoms with Crippen LogP contribution in [-0.2, 0) is 4.79 Å². The van der Waals surface area contributed by atoms with Crippen LogP contribution in [0.25, 0.3) is 0 Å². The fourth-order valence-electron chi connectivity index (χ4n) is 2.57. The SMILES string of the molecule is CC(N)C(=O)N1CCN(C(C)c2ccc(Br)cc2)CC1. The Bertz CT molecular complexity index is 453. The van der Waals surface area contributed by atoms with E-state index >= 15 is 0 Å². The Hall–Kier alpha value is -0.910. The molecule has 2 unspecified atom stereocenters. The summed E-state index contributed by atoms with van der Waals surface area (Å²) in [6.07, 6.45) is 0. The van der Waals surface area contributed by atoms with E-state index in [0.717, 1.165) is 30.7 Å². The average Bonchev–Trinajstić information content (AvgIpc) is 2.46. The number of hydrogen-bond acceptors (Lipinski definition) is 3. The predicted molar refractivity (Wildman–Crippen MR) is 84.4 cm³/mol. The summed E-state index contributed by atoms with van der Waals surface area (Å²) in [6, 6.07) is 8.41. The monoisotopic (exact) mass is 339 g/mol. The fourth-order valence-corrected chi connectivity index (χ4v) is 2.83. The molecule has 1 aliphatic rings. The van der Waals surface area contributed by atoms with Gasteiger partial charge in [0.25, 0.3) is 0 Å². The lowest BCUT2D eigenvalue weighted by atomic mass is 10.1. The van der Waals surface area contributed by atoms with E-state index in [2.05, 4.69) is 52.0 Å². The van der Waals surface area contributed by atoms with E-state index in [9.17, 15) is 4.79 Å². The van der Waals surface area contributed by atoms with Gasteiger partial charge in [0.05, 0.1) is 6.04 Å². The Balaban J connectivity index is 1.93. The van der Waals surface area contributed by atoms with Gasteiger partial charge in [0, 0.05) is 36.7 Å². The summed E-state index contributed by atoms with van der Waals surface area (Å²) in [6.45, 7) is 7.29. The molecule has 1 aliphatic heterocycles. The van der Waals surface area contributed by atoms with E-state index in [1.54, 1.807) is 6.92 Å². The normalized spacial score (nSPS) is 19.7. The molecule has 1 amide bonds. The summed E-state index contributed by atoms with van der Waals surface area (Å²) in [5, 5.41) is 0. The molecule has 1 heterocycles. The third-order valence-corrected chi connectivity index (χ3v) is 4.44. The molecule has 0 spiro atoms. The smallest absolute Gasteiger partial charge is 0.239 e. The van der Waals surface area contributed by atoms with Gasteiger partial charge < -0.3 is 10.6 Å². The number of rotatable bonds is 3. The van der Waals surface area contributed by atoms with E-state index in [1.807, 2.05) is 4.90 Å². The highest BCUT2D eigenvalue weighted by molar-refractivity contribution is 9.10. The molecule has 0 aromatic heterocycles. The van der Waals surface area contributed by atoms with E-state index in [4.69, 9.17) is 5.73 Å². The number of piperazine rings is 1. The third-order valence-electron chi connectivity index (χ3n) is 3.92. The van der Waals surface area contributed by atoms with Crippen LogP contribution in [0.3, 0.4) is 0 Å². The molecule has 5 heteroatoms. The van der Waals surface area contributed by atoms with Gasteiger partial charge in [-0.1, -0.05) is 28.1 Å². The zero-order valence-electron chi connectivity index (χ0n) is 12.1. The molecule has 1 saturated heterocycles. The second kappa shape index (κ2) is 6.70. The van der Waals surface area contributed by atoms with Crippen LogP contribution in [0.5, 0.6) is 0 Å². The van der Waals surface area contributed by atoms with Gasteiger partial charge >= 0.3 is 0 Å². The largest absolute Gasteiger partial charge is 0.339 e. The Kier molecular flexibility index (Phi) is 5.18. The Morgan fingerprint density at radius 2 is 1.70 bits per heavy atom. The van der Waals surface area contributed by atoms with Crippen molar-refractivity contribution in [1.82, 2.24) is 9.80 Å². The molecule has 1 aromatic rings. The summed E-state index contributed by atoms with van der Waals surface area (Å²) in [5.74, 6) is 0.0564. The van der Waals surface area contributed by atoms with Crippen molar-refractivity contribution in [3.63, 3.8) is 0 Å². The van der Waals surface area contributed by atoms with E-state index in [-0.39, 0.29) is 5.91 Å². The maximum Gasteiger partial charge on any atom is 0.239 e. The molecule has 1 aromatic carbocycles. The number of carbonyl (C=O) groups is 1. The van der Waals surface area contributed by atoms with Crippen molar-refractivity contribution >= 4 is 21.8 Å². The van der Waals surface area contributed by atoms with Gasteiger partial charge in [-0.2, -0.15) is 0 Å². The lowest BCUT2D eigenvalue weighted by Gasteiger charge is -2.38. The van der Waals surface area contributed by atoms with Gasteiger partial charge in [-0.15, -0.1) is 0 Å². The number of nitrogens with two attached hydrogens (primary N) is 1. The first-order chi connectivity index (χ1) is 9.49. The molecule has 2 N–H and O–H groups in total. The van der Waals surface area contributed by atoms with Crippen LogP contribution in [0.15, 0.2) is 28.7 Å². The molecule has 2 rings (SSSR count). The number of halogens is 1. The van der Waals surface area contributed by atoms with Crippen molar-refractivity contribution in [3.05, 3.63) is 34.3 Å². The first-order valence-corrected chi connectivity index (χ1v) is 7.82. The molecule has 0 aliphatic carbocycles. The second-order valence-electron chi connectivity index (χ2n) is 5.38. The van der Waals surface area contributed by atoms with E-state index < -0.39 is 6.04 Å². The van der Waals surface area contributed by atoms with Crippen LogP contribution < -0.4 is 5.73 Å². The average molecular weight is 340 g/mol. The summed E-state index contributed by atoms with van der Waals surface area (Å²) in [5.41, 5.74) is 6.96. The van der Waals surface area contributed by atoms with Crippen molar-refractivity contribution in [1.29, 1.82) is 0 Å². The molecule has 110 valence electrons. The Morgan fingerprint density at radius 3 is 2.20 bits per heavy atom. The van der Waals surface area contributed by atoms with Crippen LogP contribution in [0.4, 0.5) is 0 Å². The standard InChI is InChI=1S/C15H22BrN3O/c1-11(17)15(20)19-9-7-18(8-10-19)12(2)13-3-5-14(16)6-4-13/h3-6,11-12H,7-10,17H2,1-2H3. The van der Waals surface area contributed by atoms with Crippen molar-refractivity contribution in [2.75, 3.05) is 26.2 Å². The Morgan fingerprint density at radius 1 is 1.15 bits per heavy atom. The van der Waals surface area contributed by atoms with Gasteiger partial charge in [-0.3, -0.25) is 9.69 Å². The van der Waals surface area contributed by atoms with Crippen LogP contribution >= 0.6 is 15.9 Å². The number of amides is 1. The molecular weight excluding hydrogens is 318 g/mol. The highest BCUT2D eigenvalue weighted by Gasteiger charge is 2.25. The van der Waals surface area contributed by atoms with Gasteiger partial charge in [0.1, 0.15) is 0 Å². The highest BCUT2D eigenvalue weighted by atomic mass is 79.9. The van der Waals surface area contributed by atoms with E-state index in [1.165, 1.54) is 5.56 Å². The molecule has 1 fully saturated rings. The van der Waals surface area contributed by atoms with Crippen molar-refractivity contribution in [3.8, 4) is 0 Å². The minimum absolute atomic E-state index is 0.0564. The lowest BCUT2D eigenvalue weighted by molar-refractivity contribution is -0.134.